The molecule has 0 aromatic heterocycles. The van der Waals surface area contributed by atoms with E-state index in [2.05, 4.69) is 69.1 Å². The molecule has 0 unspecified atom stereocenters. The van der Waals surface area contributed by atoms with E-state index in [1.54, 1.807) is 31.4 Å². The highest BCUT2D eigenvalue weighted by molar-refractivity contribution is 9.10. The molecule has 8 heteroatoms. The first-order valence-corrected chi connectivity index (χ1v) is 14.0. The Labute approximate surface area is 243 Å². The van der Waals surface area contributed by atoms with Gasteiger partial charge in [-0.25, -0.2) is 9.80 Å². The summed E-state index contributed by atoms with van der Waals surface area (Å²) in [5.41, 5.74) is 5.63. The van der Waals surface area contributed by atoms with E-state index < -0.39 is 12.2 Å². The van der Waals surface area contributed by atoms with Crippen LogP contribution in [0.1, 0.15) is 51.3 Å². The molecule has 2 atom stereocenters. The van der Waals surface area contributed by atoms with E-state index in [9.17, 15) is 4.79 Å². The Morgan fingerprint density at radius 3 is 2.51 bits per heavy atom. The Bertz CT molecular complexity index is 1590. The van der Waals surface area contributed by atoms with Gasteiger partial charge in [0.05, 0.1) is 28.9 Å². The molecule has 2 heterocycles. The zero-order valence-corrected chi connectivity index (χ0v) is 24.4. The summed E-state index contributed by atoms with van der Waals surface area (Å²) in [5, 5.41) is 7.07. The molecular formula is C31H24Br2N2O4. The second-order valence-electron chi connectivity index (χ2n) is 9.45. The van der Waals surface area contributed by atoms with Crippen LogP contribution in [0.3, 0.4) is 0 Å². The number of rotatable bonds is 5. The Balaban J connectivity index is 1.39. The highest BCUT2D eigenvalue weighted by Gasteiger charge is 2.41. The summed E-state index contributed by atoms with van der Waals surface area (Å²) >= 11 is 7.21. The van der Waals surface area contributed by atoms with E-state index in [0.29, 0.717) is 21.5 Å². The summed E-state index contributed by atoms with van der Waals surface area (Å²) in [6.07, 6.45) is 0.230. The molecule has 0 bridgehead atoms. The lowest BCUT2D eigenvalue weighted by Crippen LogP contribution is -2.33. The minimum Gasteiger partial charge on any atom is -0.493 e. The van der Waals surface area contributed by atoms with Gasteiger partial charge in [0, 0.05) is 22.0 Å². The fourth-order valence-electron chi connectivity index (χ4n) is 4.91. The van der Waals surface area contributed by atoms with Crippen molar-refractivity contribution in [1.29, 1.82) is 0 Å². The summed E-state index contributed by atoms with van der Waals surface area (Å²) in [7, 11) is 1.55. The molecule has 0 N–H and O–H groups in total. The molecule has 2 aliphatic rings. The molecule has 2 aliphatic heterocycles. The van der Waals surface area contributed by atoms with E-state index in [-0.39, 0.29) is 6.04 Å². The van der Waals surface area contributed by atoms with Crippen LogP contribution in [-0.4, -0.2) is 23.8 Å². The number of nitrogens with zero attached hydrogens (tertiary/aromatic N) is 2. The lowest BCUT2D eigenvalue weighted by atomic mass is 9.95. The van der Waals surface area contributed by atoms with Gasteiger partial charge in [0.1, 0.15) is 5.75 Å². The van der Waals surface area contributed by atoms with Crippen molar-refractivity contribution in [3.05, 3.63) is 122 Å². The van der Waals surface area contributed by atoms with E-state index in [4.69, 9.17) is 19.3 Å². The van der Waals surface area contributed by atoms with Crippen molar-refractivity contribution < 1.29 is 19.0 Å². The standard InChI is InChI=1S/C31H24Br2N2O4/c1-18-8-10-19(11-9-18)25-17-26-23-16-22(32)12-13-27(23)38-30(35(26)34-25)21-14-24(33)29(28(15-21)37-2)39-31(36)20-6-4-3-5-7-20/h3-16,26,30H,17H2,1-2H3/t26-,30+/m0/s1. The maximum atomic E-state index is 12.8. The van der Waals surface area contributed by atoms with Crippen molar-refractivity contribution in [2.75, 3.05) is 7.11 Å². The van der Waals surface area contributed by atoms with Gasteiger partial charge in [0.15, 0.2) is 11.5 Å². The molecule has 6 rings (SSSR count). The van der Waals surface area contributed by atoms with Crippen molar-refractivity contribution >= 4 is 43.5 Å². The summed E-state index contributed by atoms with van der Waals surface area (Å²) in [6.45, 7) is 2.08. The topological polar surface area (TPSA) is 60.4 Å². The quantitative estimate of drug-likeness (QED) is 0.162. The van der Waals surface area contributed by atoms with Gasteiger partial charge in [-0.05, 0) is 70.9 Å². The molecule has 4 aromatic rings. The maximum Gasteiger partial charge on any atom is 0.343 e. The summed E-state index contributed by atoms with van der Waals surface area (Å²) in [5.74, 6) is 1.05. The number of hydrazone groups is 1. The number of esters is 1. The average molecular weight is 648 g/mol. The molecule has 0 spiro atoms. The first-order chi connectivity index (χ1) is 18.9. The maximum absolute atomic E-state index is 12.8. The van der Waals surface area contributed by atoms with E-state index in [0.717, 1.165) is 39.0 Å². The molecular weight excluding hydrogens is 624 g/mol. The van der Waals surface area contributed by atoms with Crippen LogP contribution in [0.25, 0.3) is 0 Å². The van der Waals surface area contributed by atoms with Crippen LogP contribution in [0.5, 0.6) is 17.2 Å². The molecule has 0 saturated heterocycles. The van der Waals surface area contributed by atoms with Gasteiger partial charge >= 0.3 is 5.97 Å². The van der Waals surface area contributed by atoms with Crippen molar-refractivity contribution in [3.63, 3.8) is 0 Å². The fraction of sp³-hybridized carbons (Fsp3) is 0.161. The highest BCUT2D eigenvalue weighted by atomic mass is 79.9. The van der Waals surface area contributed by atoms with Gasteiger partial charge in [-0.15, -0.1) is 0 Å². The predicted molar refractivity (Wildman–Crippen MR) is 157 cm³/mol. The van der Waals surface area contributed by atoms with Crippen LogP contribution in [0, 0.1) is 6.92 Å². The second-order valence-corrected chi connectivity index (χ2v) is 11.2. The monoisotopic (exact) mass is 646 g/mol. The summed E-state index contributed by atoms with van der Waals surface area (Å²) in [4.78, 5) is 12.8. The van der Waals surface area contributed by atoms with Gasteiger partial charge in [-0.3, -0.25) is 0 Å². The van der Waals surface area contributed by atoms with E-state index in [1.807, 2.05) is 35.3 Å². The van der Waals surface area contributed by atoms with Crippen molar-refractivity contribution in [2.45, 2.75) is 25.6 Å². The number of carbonyl (C=O) groups is 1. The van der Waals surface area contributed by atoms with Crippen molar-refractivity contribution in [2.24, 2.45) is 5.10 Å². The third-order valence-corrected chi connectivity index (χ3v) is 7.96. The molecule has 4 aromatic carbocycles. The van der Waals surface area contributed by atoms with Crippen molar-refractivity contribution in [1.82, 2.24) is 5.01 Å². The number of hydrogen-bond acceptors (Lipinski definition) is 6. The van der Waals surface area contributed by atoms with Crippen LogP contribution < -0.4 is 14.2 Å². The Kier molecular flexibility index (Phi) is 6.91. The third-order valence-electron chi connectivity index (χ3n) is 6.88. The van der Waals surface area contributed by atoms with Gasteiger partial charge in [0.25, 0.3) is 0 Å². The van der Waals surface area contributed by atoms with Crippen molar-refractivity contribution in [3.8, 4) is 17.2 Å². The van der Waals surface area contributed by atoms with Crippen LogP contribution >= 0.6 is 31.9 Å². The van der Waals surface area contributed by atoms with Crippen LogP contribution in [0.2, 0.25) is 0 Å². The minimum atomic E-state index is -0.518. The van der Waals surface area contributed by atoms with E-state index >= 15 is 0 Å². The van der Waals surface area contributed by atoms with Gasteiger partial charge < -0.3 is 14.2 Å². The zero-order chi connectivity index (χ0) is 27.1. The fourth-order valence-corrected chi connectivity index (χ4v) is 5.83. The van der Waals surface area contributed by atoms with Gasteiger partial charge in [0.2, 0.25) is 6.23 Å². The molecule has 39 heavy (non-hydrogen) atoms. The number of benzene rings is 4. The second kappa shape index (κ2) is 10.5. The largest absolute Gasteiger partial charge is 0.493 e. The Hall–Kier alpha value is -3.62. The normalized spacial score (nSPS) is 17.5. The average Bonchev–Trinajstić information content (AvgIpc) is 3.40. The molecule has 196 valence electrons. The minimum absolute atomic E-state index is 0.00657. The van der Waals surface area contributed by atoms with Gasteiger partial charge in [-0.1, -0.05) is 64.0 Å². The number of halogens is 2. The first-order valence-electron chi connectivity index (χ1n) is 12.4. The predicted octanol–water partition coefficient (Wildman–Crippen LogP) is 7.99. The van der Waals surface area contributed by atoms with Crippen LogP contribution in [-0.2, 0) is 0 Å². The number of ether oxygens (including phenoxy) is 3. The zero-order valence-electron chi connectivity index (χ0n) is 21.2. The lowest BCUT2D eigenvalue weighted by molar-refractivity contribution is -0.0192. The Morgan fingerprint density at radius 2 is 1.77 bits per heavy atom. The van der Waals surface area contributed by atoms with Crippen LogP contribution in [0.4, 0.5) is 0 Å². The molecule has 0 saturated carbocycles. The smallest absolute Gasteiger partial charge is 0.343 e. The number of fused-ring (bicyclic) bond motifs is 3. The third kappa shape index (κ3) is 4.94. The number of hydrogen-bond donors (Lipinski definition) is 0. The Morgan fingerprint density at radius 1 is 1.00 bits per heavy atom. The van der Waals surface area contributed by atoms with Gasteiger partial charge in [-0.2, -0.15) is 5.10 Å². The first kappa shape index (κ1) is 25.6. The number of methoxy groups -OCH3 is 1. The molecule has 0 aliphatic carbocycles. The molecule has 0 amide bonds. The molecule has 0 fully saturated rings. The SMILES string of the molecule is COc1cc([C@H]2Oc3ccc(Br)cc3[C@@H]3CC(c4ccc(C)cc4)=NN23)cc(Br)c1OC(=O)c1ccccc1. The van der Waals surface area contributed by atoms with E-state index in [1.165, 1.54) is 5.56 Å². The summed E-state index contributed by atoms with van der Waals surface area (Å²) < 4.78 is 19.5. The molecule has 6 nitrogen and oxygen atoms in total. The molecule has 0 radical (unpaired) electrons. The number of aryl methyl sites for hydroxylation is 1. The summed E-state index contributed by atoms with van der Waals surface area (Å²) in [6, 6.07) is 27.1. The highest BCUT2D eigenvalue weighted by Crippen LogP contribution is 2.50. The van der Waals surface area contributed by atoms with Crippen LogP contribution in [0.15, 0.2) is 99.0 Å². The lowest BCUT2D eigenvalue weighted by Gasteiger charge is -2.38. The number of carbonyl (C=O) groups excluding carboxylic acids is 1.